The van der Waals surface area contributed by atoms with Crippen molar-refractivity contribution in [1.29, 1.82) is 0 Å². The molecule has 0 aliphatic rings. The maximum atomic E-state index is 11.2. The third kappa shape index (κ3) is 3.01. The highest BCUT2D eigenvalue weighted by Crippen LogP contribution is 2.25. The van der Waals surface area contributed by atoms with Crippen molar-refractivity contribution in [3.63, 3.8) is 0 Å². The average molecular weight is 294 g/mol. The summed E-state index contributed by atoms with van der Waals surface area (Å²) in [5, 5.41) is 8.88. The minimum absolute atomic E-state index is 0.184. The van der Waals surface area contributed by atoms with Gasteiger partial charge in [0.2, 0.25) is 0 Å². The van der Waals surface area contributed by atoms with Crippen molar-refractivity contribution in [2.45, 2.75) is 10.9 Å². The van der Waals surface area contributed by atoms with Crippen molar-refractivity contribution in [2.24, 2.45) is 5.73 Å². The molecule has 0 aliphatic carbocycles. The van der Waals surface area contributed by atoms with Gasteiger partial charge in [0.1, 0.15) is 0 Å². The normalized spacial score (nSPS) is 13.9. The van der Waals surface area contributed by atoms with E-state index in [2.05, 4.69) is 15.9 Å². The molecule has 0 saturated heterocycles. The van der Waals surface area contributed by atoms with E-state index >= 15 is 0 Å². The number of aliphatic hydroxyl groups excluding tert-OH is 1. The molecular weight excluding hydrogens is 282 g/mol. The molecular formula is C9H12BrNO3S. The second-order valence-corrected chi connectivity index (χ2v) is 6.11. The van der Waals surface area contributed by atoms with Crippen molar-refractivity contribution in [3.05, 3.63) is 28.2 Å². The summed E-state index contributed by atoms with van der Waals surface area (Å²) in [6, 6.07) is 4.06. The van der Waals surface area contributed by atoms with Crippen LogP contribution in [0.4, 0.5) is 0 Å². The second-order valence-electron chi connectivity index (χ2n) is 3.24. The van der Waals surface area contributed by atoms with Gasteiger partial charge in [-0.3, -0.25) is 0 Å². The van der Waals surface area contributed by atoms with Crippen LogP contribution in [0, 0.1) is 0 Å². The number of aliphatic hydroxyl groups is 1. The first-order valence-corrected chi connectivity index (χ1v) is 6.90. The van der Waals surface area contributed by atoms with Gasteiger partial charge in [-0.2, -0.15) is 0 Å². The van der Waals surface area contributed by atoms with E-state index in [0.717, 1.165) is 6.26 Å². The topological polar surface area (TPSA) is 80.4 Å². The Morgan fingerprint density at radius 3 is 2.53 bits per heavy atom. The van der Waals surface area contributed by atoms with Gasteiger partial charge in [0.05, 0.1) is 17.5 Å². The number of hydrogen-bond donors (Lipinski definition) is 2. The molecule has 0 amide bonds. The SMILES string of the molecule is CS(=O)(=O)c1ccc([C@H](N)CO)c(Br)c1. The molecule has 1 aromatic rings. The van der Waals surface area contributed by atoms with Gasteiger partial charge in [0.25, 0.3) is 0 Å². The zero-order valence-electron chi connectivity index (χ0n) is 8.14. The summed E-state index contributed by atoms with van der Waals surface area (Å²) >= 11 is 3.23. The number of hydrogen-bond acceptors (Lipinski definition) is 4. The lowest BCUT2D eigenvalue weighted by Crippen LogP contribution is -2.15. The molecule has 84 valence electrons. The van der Waals surface area contributed by atoms with Crippen molar-refractivity contribution in [1.82, 2.24) is 0 Å². The Morgan fingerprint density at radius 2 is 2.13 bits per heavy atom. The Kier molecular flexibility index (Phi) is 3.88. The van der Waals surface area contributed by atoms with Crippen molar-refractivity contribution < 1.29 is 13.5 Å². The van der Waals surface area contributed by atoms with E-state index in [0.29, 0.717) is 10.0 Å². The standard InChI is InChI=1S/C9H12BrNO3S/c1-15(13,14)6-2-3-7(8(10)4-6)9(11)5-12/h2-4,9,12H,5,11H2,1H3/t9-/m1/s1. The fourth-order valence-corrected chi connectivity index (χ4v) is 2.61. The molecule has 1 atom stereocenters. The Bertz CT molecular complexity index is 458. The zero-order valence-corrected chi connectivity index (χ0v) is 10.5. The lowest BCUT2D eigenvalue weighted by atomic mass is 10.1. The Hall–Kier alpha value is -0.430. The van der Waals surface area contributed by atoms with Gasteiger partial charge in [-0.15, -0.1) is 0 Å². The minimum Gasteiger partial charge on any atom is -0.394 e. The minimum atomic E-state index is -3.21. The molecule has 6 heteroatoms. The molecule has 0 fully saturated rings. The van der Waals surface area contributed by atoms with E-state index in [1.807, 2.05) is 0 Å². The maximum Gasteiger partial charge on any atom is 0.175 e. The van der Waals surface area contributed by atoms with E-state index in [4.69, 9.17) is 10.8 Å². The largest absolute Gasteiger partial charge is 0.394 e. The lowest BCUT2D eigenvalue weighted by Gasteiger charge is -2.11. The van der Waals surface area contributed by atoms with Gasteiger partial charge in [0, 0.05) is 10.7 Å². The van der Waals surface area contributed by atoms with Crippen LogP contribution in [-0.4, -0.2) is 26.4 Å². The molecule has 0 saturated carbocycles. The van der Waals surface area contributed by atoms with E-state index in [1.165, 1.54) is 12.1 Å². The monoisotopic (exact) mass is 293 g/mol. The molecule has 0 aromatic heterocycles. The fraction of sp³-hybridized carbons (Fsp3) is 0.333. The average Bonchev–Trinajstić information content (AvgIpc) is 2.15. The molecule has 0 unspecified atom stereocenters. The summed E-state index contributed by atoms with van der Waals surface area (Å²) in [5.74, 6) is 0. The first-order chi connectivity index (χ1) is 6.86. The van der Waals surface area contributed by atoms with Crippen molar-refractivity contribution >= 4 is 25.8 Å². The van der Waals surface area contributed by atoms with Crippen molar-refractivity contribution in [2.75, 3.05) is 12.9 Å². The number of sulfone groups is 1. The van der Waals surface area contributed by atoms with Crippen LogP contribution >= 0.6 is 15.9 Å². The first-order valence-electron chi connectivity index (χ1n) is 4.22. The third-order valence-corrected chi connectivity index (χ3v) is 3.79. The van der Waals surface area contributed by atoms with Gasteiger partial charge in [-0.25, -0.2) is 8.42 Å². The summed E-state index contributed by atoms with van der Waals surface area (Å²) < 4.78 is 23.1. The lowest BCUT2D eigenvalue weighted by molar-refractivity contribution is 0.267. The first kappa shape index (κ1) is 12.6. The summed E-state index contributed by atoms with van der Waals surface area (Å²) in [4.78, 5) is 0.225. The summed E-state index contributed by atoms with van der Waals surface area (Å²) in [5.41, 5.74) is 6.31. The van der Waals surface area contributed by atoms with E-state index in [-0.39, 0.29) is 11.5 Å². The quantitative estimate of drug-likeness (QED) is 0.866. The molecule has 0 aliphatic heterocycles. The van der Waals surface area contributed by atoms with Crippen LogP contribution in [0.5, 0.6) is 0 Å². The van der Waals surface area contributed by atoms with Crippen molar-refractivity contribution in [3.8, 4) is 0 Å². The smallest absolute Gasteiger partial charge is 0.175 e. The maximum absolute atomic E-state index is 11.2. The van der Waals surface area contributed by atoms with Crippen LogP contribution in [0.25, 0.3) is 0 Å². The van der Waals surface area contributed by atoms with Crippen LogP contribution in [-0.2, 0) is 9.84 Å². The molecule has 4 nitrogen and oxygen atoms in total. The van der Waals surface area contributed by atoms with Gasteiger partial charge in [-0.1, -0.05) is 22.0 Å². The van der Waals surface area contributed by atoms with Gasteiger partial charge in [0.15, 0.2) is 9.84 Å². The van der Waals surface area contributed by atoms with Crippen LogP contribution in [0.1, 0.15) is 11.6 Å². The van der Waals surface area contributed by atoms with Crippen LogP contribution in [0.3, 0.4) is 0 Å². The van der Waals surface area contributed by atoms with Gasteiger partial charge in [-0.05, 0) is 17.7 Å². The highest BCUT2D eigenvalue weighted by atomic mass is 79.9. The number of benzene rings is 1. The number of halogens is 1. The number of nitrogens with two attached hydrogens (primary N) is 1. The van der Waals surface area contributed by atoms with E-state index in [9.17, 15) is 8.42 Å². The molecule has 0 heterocycles. The van der Waals surface area contributed by atoms with Gasteiger partial charge < -0.3 is 10.8 Å². The fourth-order valence-electron chi connectivity index (χ4n) is 1.14. The Balaban J connectivity index is 3.20. The van der Waals surface area contributed by atoms with Crippen LogP contribution in [0.2, 0.25) is 0 Å². The van der Waals surface area contributed by atoms with Gasteiger partial charge >= 0.3 is 0 Å². The second kappa shape index (κ2) is 4.61. The molecule has 1 aromatic carbocycles. The molecule has 0 bridgehead atoms. The molecule has 15 heavy (non-hydrogen) atoms. The molecule has 1 rings (SSSR count). The molecule has 0 radical (unpaired) electrons. The summed E-state index contributed by atoms with van der Waals surface area (Å²) in [6.45, 7) is -0.184. The zero-order chi connectivity index (χ0) is 11.6. The van der Waals surface area contributed by atoms with Crippen LogP contribution < -0.4 is 5.73 Å². The van der Waals surface area contributed by atoms with E-state index < -0.39 is 15.9 Å². The molecule has 3 N–H and O–H groups in total. The third-order valence-electron chi connectivity index (χ3n) is 2.00. The predicted octanol–water partition coefficient (Wildman–Crippen LogP) is 0.845. The summed E-state index contributed by atoms with van der Waals surface area (Å²) in [7, 11) is -3.21. The highest BCUT2D eigenvalue weighted by molar-refractivity contribution is 9.10. The number of rotatable bonds is 3. The Labute approximate surface area is 97.2 Å². The highest BCUT2D eigenvalue weighted by Gasteiger charge is 2.13. The van der Waals surface area contributed by atoms with E-state index in [1.54, 1.807) is 6.07 Å². The summed E-state index contributed by atoms with van der Waals surface area (Å²) in [6.07, 6.45) is 1.14. The predicted molar refractivity (Wildman–Crippen MR) is 61.3 cm³/mol. The molecule has 0 spiro atoms. The van der Waals surface area contributed by atoms with Crippen LogP contribution in [0.15, 0.2) is 27.6 Å². The Morgan fingerprint density at radius 1 is 1.53 bits per heavy atom.